The quantitative estimate of drug-likeness (QED) is 0.592. The molecule has 0 spiro atoms. The predicted molar refractivity (Wildman–Crippen MR) is 70.7 cm³/mol. The minimum absolute atomic E-state index is 0.106. The Morgan fingerprint density at radius 3 is 2.79 bits per heavy atom. The van der Waals surface area contributed by atoms with Crippen LogP contribution in [0.1, 0.15) is 16.1 Å². The van der Waals surface area contributed by atoms with E-state index in [2.05, 4.69) is 4.98 Å². The van der Waals surface area contributed by atoms with Gasteiger partial charge >= 0.3 is 6.04 Å². The van der Waals surface area contributed by atoms with Crippen LogP contribution >= 0.6 is 11.6 Å². The molecule has 0 saturated carbocycles. The highest BCUT2D eigenvalue weighted by atomic mass is 35.5. The minimum Gasteiger partial charge on any atom is -0.286 e. The Morgan fingerprint density at radius 2 is 2.05 bits per heavy atom. The van der Waals surface area contributed by atoms with Crippen molar-refractivity contribution in [3.8, 4) is 0 Å². The summed E-state index contributed by atoms with van der Waals surface area (Å²) in [7, 11) is 0. The summed E-state index contributed by atoms with van der Waals surface area (Å²) in [6, 6.07) is 7.36. The number of pyridine rings is 1. The van der Waals surface area contributed by atoms with Gasteiger partial charge in [-0.3, -0.25) is 14.9 Å². The molecule has 5 nitrogen and oxygen atoms in total. The van der Waals surface area contributed by atoms with Crippen molar-refractivity contribution in [2.45, 2.75) is 6.04 Å². The fraction of sp³-hybridized carbons (Fsp3) is 0.0769. The SMILES string of the molecule is O=C1c2cc3ccccc3nc2C=C(Cl)C1[N+](=O)[O-]. The molecule has 1 aliphatic rings. The molecule has 94 valence electrons. The summed E-state index contributed by atoms with van der Waals surface area (Å²) in [5.74, 6) is -0.620. The average molecular weight is 275 g/mol. The van der Waals surface area contributed by atoms with Crippen LogP contribution in [0.5, 0.6) is 0 Å². The van der Waals surface area contributed by atoms with Gasteiger partial charge in [-0.05, 0) is 18.2 Å². The maximum absolute atomic E-state index is 12.1. The predicted octanol–water partition coefficient (Wildman–Crippen LogP) is 2.66. The van der Waals surface area contributed by atoms with Crippen LogP contribution in [0.2, 0.25) is 0 Å². The summed E-state index contributed by atoms with van der Waals surface area (Å²) in [6.07, 6.45) is 1.39. The summed E-state index contributed by atoms with van der Waals surface area (Å²) in [5.41, 5.74) is 1.34. The molecule has 2 aromatic rings. The van der Waals surface area contributed by atoms with Gasteiger partial charge in [-0.2, -0.15) is 0 Å². The van der Waals surface area contributed by atoms with Gasteiger partial charge in [0.15, 0.2) is 0 Å². The summed E-state index contributed by atoms with van der Waals surface area (Å²) in [4.78, 5) is 26.6. The second-order valence-corrected chi connectivity index (χ2v) is 4.63. The molecular formula is C13H7ClN2O3. The maximum atomic E-state index is 12.1. The van der Waals surface area contributed by atoms with Gasteiger partial charge in [0.25, 0.3) is 0 Å². The van der Waals surface area contributed by atoms with Crippen molar-refractivity contribution >= 4 is 34.4 Å². The number of rotatable bonds is 1. The third kappa shape index (κ3) is 1.79. The molecule has 0 N–H and O–H groups in total. The molecule has 0 bridgehead atoms. The van der Waals surface area contributed by atoms with E-state index >= 15 is 0 Å². The first-order valence-electron chi connectivity index (χ1n) is 5.52. The van der Waals surface area contributed by atoms with Crippen molar-refractivity contribution in [1.29, 1.82) is 0 Å². The molecule has 0 radical (unpaired) electrons. The number of hydrogen-bond acceptors (Lipinski definition) is 4. The smallest absolute Gasteiger partial charge is 0.286 e. The molecule has 1 heterocycles. The zero-order valence-electron chi connectivity index (χ0n) is 9.54. The number of aromatic nitrogens is 1. The molecule has 1 aliphatic carbocycles. The Bertz CT molecular complexity index is 755. The van der Waals surface area contributed by atoms with Crippen molar-refractivity contribution in [2.75, 3.05) is 0 Å². The lowest BCUT2D eigenvalue weighted by Crippen LogP contribution is -2.33. The van der Waals surface area contributed by atoms with E-state index in [0.29, 0.717) is 11.2 Å². The Kier molecular flexibility index (Phi) is 2.57. The number of carbonyl (C=O) groups excluding carboxylic acids is 1. The van der Waals surface area contributed by atoms with Crippen LogP contribution in [-0.4, -0.2) is 21.7 Å². The van der Waals surface area contributed by atoms with Gasteiger partial charge in [0, 0.05) is 10.3 Å². The third-order valence-corrected chi connectivity index (χ3v) is 3.33. The van der Waals surface area contributed by atoms with Crippen molar-refractivity contribution in [3.05, 3.63) is 56.7 Å². The number of hydrogen-bond donors (Lipinski definition) is 0. The second kappa shape index (κ2) is 4.13. The summed E-state index contributed by atoms with van der Waals surface area (Å²) < 4.78 is 0. The molecule has 0 fully saturated rings. The van der Waals surface area contributed by atoms with E-state index in [1.165, 1.54) is 6.08 Å². The largest absolute Gasteiger partial charge is 0.310 e. The van der Waals surface area contributed by atoms with Crippen LogP contribution in [0.3, 0.4) is 0 Å². The van der Waals surface area contributed by atoms with Crippen LogP contribution in [0.15, 0.2) is 35.4 Å². The van der Waals surface area contributed by atoms with Gasteiger partial charge in [0.05, 0.1) is 16.8 Å². The fourth-order valence-electron chi connectivity index (χ4n) is 2.12. The lowest BCUT2D eigenvalue weighted by molar-refractivity contribution is -0.493. The molecule has 0 amide bonds. The van der Waals surface area contributed by atoms with E-state index in [9.17, 15) is 14.9 Å². The monoisotopic (exact) mass is 274 g/mol. The molecular weight excluding hydrogens is 268 g/mol. The van der Waals surface area contributed by atoms with Crippen molar-refractivity contribution in [2.24, 2.45) is 0 Å². The highest BCUT2D eigenvalue weighted by Crippen LogP contribution is 2.29. The van der Waals surface area contributed by atoms with E-state index in [1.54, 1.807) is 18.2 Å². The Hall–Kier alpha value is -2.27. The molecule has 1 unspecified atom stereocenters. The highest BCUT2D eigenvalue weighted by Gasteiger charge is 2.39. The number of nitro groups is 1. The Labute approximate surface area is 112 Å². The fourth-order valence-corrected chi connectivity index (χ4v) is 2.40. The van der Waals surface area contributed by atoms with Crippen LogP contribution < -0.4 is 0 Å². The number of ketones is 1. The highest BCUT2D eigenvalue weighted by molar-refractivity contribution is 6.35. The number of carbonyl (C=O) groups is 1. The first kappa shape index (κ1) is 11.8. The van der Waals surface area contributed by atoms with Crippen molar-refractivity contribution in [1.82, 2.24) is 4.98 Å². The second-order valence-electron chi connectivity index (χ2n) is 4.20. The average Bonchev–Trinajstić information content (AvgIpc) is 2.36. The molecule has 1 atom stereocenters. The number of para-hydroxylation sites is 1. The number of halogens is 1. The maximum Gasteiger partial charge on any atom is 0.310 e. The first-order valence-corrected chi connectivity index (χ1v) is 5.90. The van der Waals surface area contributed by atoms with Crippen molar-refractivity contribution in [3.63, 3.8) is 0 Å². The van der Waals surface area contributed by atoms with Crippen LogP contribution in [0.25, 0.3) is 17.0 Å². The molecule has 0 aliphatic heterocycles. The lowest BCUT2D eigenvalue weighted by Gasteiger charge is -2.15. The van der Waals surface area contributed by atoms with E-state index in [1.807, 2.05) is 12.1 Å². The third-order valence-electron chi connectivity index (χ3n) is 3.01. The van der Waals surface area contributed by atoms with Crippen molar-refractivity contribution < 1.29 is 9.72 Å². The Morgan fingerprint density at radius 1 is 1.32 bits per heavy atom. The molecule has 3 rings (SSSR count). The van der Waals surface area contributed by atoms with E-state index in [0.717, 1.165) is 5.39 Å². The normalized spacial score (nSPS) is 18.1. The molecule has 0 saturated heterocycles. The summed E-state index contributed by atoms with van der Waals surface area (Å²) in [6.45, 7) is 0. The summed E-state index contributed by atoms with van der Waals surface area (Å²) >= 11 is 5.81. The first-order chi connectivity index (χ1) is 9.08. The molecule has 19 heavy (non-hydrogen) atoms. The zero-order valence-corrected chi connectivity index (χ0v) is 10.3. The van der Waals surface area contributed by atoms with E-state index in [4.69, 9.17) is 11.6 Å². The lowest BCUT2D eigenvalue weighted by atomic mass is 9.95. The summed E-state index contributed by atoms with van der Waals surface area (Å²) in [5, 5.41) is 11.5. The molecule has 1 aromatic heterocycles. The van der Waals surface area contributed by atoms with Crippen LogP contribution in [-0.2, 0) is 0 Å². The van der Waals surface area contributed by atoms with Gasteiger partial charge in [0.2, 0.25) is 5.78 Å². The number of Topliss-reactive ketones (excluding diaryl/α,β-unsaturated/α-hetero) is 1. The van der Waals surface area contributed by atoms with Gasteiger partial charge in [0.1, 0.15) is 5.03 Å². The zero-order chi connectivity index (χ0) is 13.6. The number of nitrogens with zero attached hydrogens (tertiary/aromatic N) is 2. The van der Waals surface area contributed by atoms with E-state index in [-0.39, 0.29) is 10.6 Å². The van der Waals surface area contributed by atoms with Crippen LogP contribution in [0.4, 0.5) is 0 Å². The standard InChI is InChI=1S/C13H7ClN2O3/c14-9-6-11-8(13(17)12(9)16(18)19)5-7-3-1-2-4-10(7)15-11/h1-6,12H. The number of fused-ring (bicyclic) bond motifs is 2. The van der Waals surface area contributed by atoms with Gasteiger partial charge in [-0.1, -0.05) is 29.8 Å². The van der Waals surface area contributed by atoms with Gasteiger partial charge < -0.3 is 0 Å². The molecule has 1 aromatic carbocycles. The molecule has 6 heteroatoms. The minimum atomic E-state index is -1.52. The van der Waals surface area contributed by atoms with Crippen LogP contribution in [0, 0.1) is 10.1 Å². The van der Waals surface area contributed by atoms with E-state index < -0.39 is 16.7 Å². The number of benzene rings is 1. The Balaban J connectivity index is 2.27. The van der Waals surface area contributed by atoms with Gasteiger partial charge in [-0.15, -0.1) is 0 Å². The van der Waals surface area contributed by atoms with Gasteiger partial charge in [-0.25, -0.2) is 4.98 Å². The topological polar surface area (TPSA) is 73.1 Å².